The minimum absolute atomic E-state index is 0.142. The Kier molecular flexibility index (Phi) is 6.20. The first-order valence-corrected chi connectivity index (χ1v) is 13.1. The Morgan fingerprint density at radius 1 is 1.29 bits per heavy atom. The molecule has 2 aromatic heterocycles. The molecule has 1 aromatic carbocycles. The number of rotatable bonds is 6. The van der Waals surface area contributed by atoms with Crippen LogP contribution in [-0.2, 0) is 10.0 Å². The predicted molar refractivity (Wildman–Crippen MR) is 131 cm³/mol. The lowest BCUT2D eigenvalue weighted by atomic mass is 10.0. The summed E-state index contributed by atoms with van der Waals surface area (Å²) in [5.74, 6) is 0.401. The summed E-state index contributed by atoms with van der Waals surface area (Å²) < 4.78 is 32.3. The fourth-order valence-electron chi connectivity index (χ4n) is 3.52. The summed E-state index contributed by atoms with van der Waals surface area (Å²) in [5, 5.41) is 5.98. The van der Waals surface area contributed by atoms with Crippen LogP contribution in [0.3, 0.4) is 0 Å². The predicted octanol–water partition coefficient (Wildman–Crippen LogP) is 4.46. The minimum Gasteiger partial charge on any atom is -0.494 e. The van der Waals surface area contributed by atoms with Crippen molar-refractivity contribution in [3.05, 3.63) is 69.1 Å². The van der Waals surface area contributed by atoms with Gasteiger partial charge in [0.05, 0.1) is 36.8 Å². The maximum atomic E-state index is 11.7. The van der Waals surface area contributed by atoms with Crippen LogP contribution in [0.4, 0.5) is 11.4 Å². The van der Waals surface area contributed by atoms with Crippen molar-refractivity contribution in [2.45, 2.75) is 12.1 Å². The van der Waals surface area contributed by atoms with E-state index in [-0.39, 0.29) is 12.1 Å². The average molecular weight is 540 g/mol. The number of thiocarbonyl (C=S) groups is 1. The molecule has 0 aliphatic carbocycles. The van der Waals surface area contributed by atoms with E-state index in [4.69, 9.17) is 17.0 Å². The number of hydrogen-bond donors (Lipinski definition) is 2. The third-order valence-corrected chi connectivity index (χ3v) is 7.41. The van der Waals surface area contributed by atoms with Crippen molar-refractivity contribution in [2.24, 2.45) is 0 Å². The standard InChI is InChI=1S/C20H19BrN4O3S3/c1-28-16-10-13(6-7-14(16)24-31(2,26)27)25-19(17-9-12(21)11-30-17)18(23-20(25)29)15-5-3-4-8-22-15/h3-11,18-19,24H,1-2H3,(H,23,29)/t18-,19-/m1/s1. The van der Waals surface area contributed by atoms with Crippen LogP contribution in [0.1, 0.15) is 22.7 Å². The quantitative estimate of drug-likeness (QED) is 0.448. The number of anilines is 2. The topological polar surface area (TPSA) is 83.6 Å². The van der Waals surface area contributed by atoms with Crippen LogP contribution in [-0.4, -0.2) is 31.9 Å². The zero-order chi connectivity index (χ0) is 22.2. The molecule has 2 N–H and O–H groups in total. The number of benzene rings is 1. The molecule has 1 saturated heterocycles. The van der Waals surface area contributed by atoms with Crippen LogP contribution in [0.2, 0.25) is 0 Å². The van der Waals surface area contributed by atoms with Crippen molar-refractivity contribution in [3.63, 3.8) is 0 Å². The second-order valence-electron chi connectivity index (χ2n) is 6.92. The Balaban J connectivity index is 1.79. The number of aromatic nitrogens is 1. The number of pyridine rings is 1. The van der Waals surface area contributed by atoms with Crippen molar-refractivity contribution in [3.8, 4) is 5.75 Å². The number of nitrogens with zero attached hydrogens (tertiary/aromatic N) is 2. The molecule has 2 atom stereocenters. The van der Waals surface area contributed by atoms with Crippen molar-refractivity contribution in [2.75, 3.05) is 23.0 Å². The van der Waals surface area contributed by atoms with Gasteiger partial charge < -0.3 is 15.0 Å². The SMILES string of the molecule is COc1cc(N2C(=S)N[C@H](c3ccccn3)[C@H]2c2cc(Br)cs2)ccc1NS(C)(=O)=O. The van der Waals surface area contributed by atoms with Crippen LogP contribution in [0.5, 0.6) is 5.75 Å². The molecule has 1 aliphatic heterocycles. The van der Waals surface area contributed by atoms with Gasteiger partial charge in [0, 0.05) is 32.7 Å². The molecule has 0 radical (unpaired) electrons. The molecule has 1 aliphatic rings. The third kappa shape index (κ3) is 4.69. The highest BCUT2D eigenvalue weighted by Gasteiger charge is 2.41. The lowest BCUT2D eigenvalue weighted by molar-refractivity contribution is 0.417. The van der Waals surface area contributed by atoms with Crippen LogP contribution >= 0.6 is 39.5 Å². The lowest BCUT2D eigenvalue weighted by Crippen LogP contribution is -2.29. The Hall–Kier alpha value is -2.21. The number of thiophene rings is 1. The van der Waals surface area contributed by atoms with Gasteiger partial charge in [0.1, 0.15) is 5.75 Å². The van der Waals surface area contributed by atoms with Crippen molar-refractivity contribution in [1.29, 1.82) is 0 Å². The molecule has 31 heavy (non-hydrogen) atoms. The Morgan fingerprint density at radius 2 is 2.10 bits per heavy atom. The fourth-order valence-corrected chi connectivity index (χ4v) is 6.00. The van der Waals surface area contributed by atoms with E-state index in [0.717, 1.165) is 27.0 Å². The van der Waals surface area contributed by atoms with Gasteiger partial charge in [-0.3, -0.25) is 9.71 Å². The van der Waals surface area contributed by atoms with Gasteiger partial charge in [-0.05, 0) is 58.5 Å². The molecule has 3 heterocycles. The van der Waals surface area contributed by atoms with E-state index in [1.54, 1.807) is 29.7 Å². The first kappa shape index (κ1) is 22.0. The lowest BCUT2D eigenvalue weighted by Gasteiger charge is -2.27. The van der Waals surface area contributed by atoms with Gasteiger partial charge >= 0.3 is 0 Å². The normalized spacial score (nSPS) is 18.7. The second kappa shape index (κ2) is 8.73. The van der Waals surface area contributed by atoms with E-state index >= 15 is 0 Å². The van der Waals surface area contributed by atoms with E-state index in [0.29, 0.717) is 16.5 Å². The van der Waals surface area contributed by atoms with Crippen LogP contribution in [0.25, 0.3) is 0 Å². The third-order valence-electron chi connectivity index (χ3n) is 4.74. The summed E-state index contributed by atoms with van der Waals surface area (Å²) in [4.78, 5) is 7.65. The molecule has 3 aromatic rings. The molecule has 0 bridgehead atoms. The van der Waals surface area contributed by atoms with Crippen molar-refractivity contribution >= 4 is 66.0 Å². The van der Waals surface area contributed by atoms with Crippen molar-refractivity contribution < 1.29 is 13.2 Å². The van der Waals surface area contributed by atoms with Gasteiger partial charge in [0.25, 0.3) is 0 Å². The number of nitrogens with one attached hydrogen (secondary N) is 2. The van der Waals surface area contributed by atoms with E-state index in [2.05, 4.69) is 37.0 Å². The van der Waals surface area contributed by atoms with E-state index in [1.165, 1.54) is 7.11 Å². The summed E-state index contributed by atoms with van der Waals surface area (Å²) in [7, 11) is -1.94. The summed E-state index contributed by atoms with van der Waals surface area (Å²) in [5.41, 5.74) is 2.02. The number of methoxy groups -OCH3 is 1. The fraction of sp³-hybridized carbons (Fsp3) is 0.200. The Labute approximate surface area is 198 Å². The summed E-state index contributed by atoms with van der Waals surface area (Å²) in [6, 6.07) is 12.8. The second-order valence-corrected chi connectivity index (χ2v) is 10.9. The highest BCUT2D eigenvalue weighted by atomic mass is 79.9. The highest BCUT2D eigenvalue weighted by molar-refractivity contribution is 9.10. The van der Waals surface area contributed by atoms with Gasteiger partial charge in [-0.1, -0.05) is 6.07 Å². The summed E-state index contributed by atoms with van der Waals surface area (Å²) in [6.45, 7) is 0. The van der Waals surface area contributed by atoms with Crippen molar-refractivity contribution in [1.82, 2.24) is 10.3 Å². The highest BCUT2D eigenvalue weighted by Crippen LogP contribution is 2.45. The first-order valence-electron chi connectivity index (χ1n) is 9.17. The van der Waals surface area contributed by atoms with E-state index in [9.17, 15) is 8.42 Å². The molecule has 11 heteroatoms. The summed E-state index contributed by atoms with van der Waals surface area (Å²) >= 11 is 10.9. The number of hydrogen-bond acceptors (Lipinski definition) is 6. The molecule has 7 nitrogen and oxygen atoms in total. The number of sulfonamides is 1. The monoisotopic (exact) mass is 538 g/mol. The Morgan fingerprint density at radius 3 is 2.71 bits per heavy atom. The minimum atomic E-state index is -3.44. The molecule has 1 fully saturated rings. The average Bonchev–Trinajstić information content (AvgIpc) is 3.30. The summed E-state index contributed by atoms with van der Waals surface area (Å²) in [6.07, 6.45) is 2.86. The van der Waals surface area contributed by atoms with Crippen LogP contribution in [0, 0.1) is 0 Å². The van der Waals surface area contributed by atoms with Gasteiger partial charge in [0.2, 0.25) is 10.0 Å². The Bertz CT molecular complexity index is 1220. The molecular formula is C20H19BrN4O3S3. The largest absolute Gasteiger partial charge is 0.494 e. The van der Waals surface area contributed by atoms with Gasteiger partial charge in [-0.25, -0.2) is 8.42 Å². The van der Waals surface area contributed by atoms with Gasteiger partial charge in [-0.2, -0.15) is 0 Å². The molecule has 0 saturated carbocycles. The zero-order valence-corrected chi connectivity index (χ0v) is 20.6. The molecule has 0 amide bonds. The molecule has 4 rings (SSSR count). The number of halogens is 1. The van der Waals surface area contributed by atoms with Gasteiger partial charge in [0.15, 0.2) is 5.11 Å². The number of ether oxygens (including phenoxy) is 1. The first-order chi connectivity index (χ1) is 14.8. The van der Waals surface area contributed by atoms with E-state index in [1.807, 2.05) is 34.5 Å². The van der Waals surface area contributed by atoms with Crippen LogP contribution < -0.4 is 19.7 Å². The van der Waals surface area contributed by atoms with Crippen LogP contribution in [0.15, 0.2) is 58.5 Å². The van der Waals surface area contributed by atoms with E-state index < -0.39 is 10.0 Å². The molecular weight excluding hydrogens is 520 g/mol. The maximum absolute atomic E-state index is 11.7. The van der Waals surface area contributed by atoms with Gasteiger partial charge in [-0.15, -0.1) is 11.3 Å². The molecule has 162 valence electrons. The molecule has 0 unspecified atom stereocenters. The zero-order valence-electron chi connectivity index (χ0n) is 16.6. The smallest absolute Gasteiger partial charge is 0.229 e. The molecule has 0 spiro atoms. The maximum Gasteiger partial charge on any atom is 0.229 e.